The van der Waals surface area contributed by atoms with Crippen molar-refractivity contribution < 1.29 is 4.79 Å². The van der Waals surface area contributed by atoms with Crippen LogP contribution >= 0.6 is 39.1 Å². The Morgan fingerprint density at radius 3 is 2.31 bits per heavy atom. The van der Waals surface area contributed by atoms with E-state index in [0.717, 1.165) is 21.3 Å². The number of hydrogen-bond donors (Lipinski definition) is 0. The molecule has 26 heavy (non-hydrogen) atoms. The predicted molar refractivity (Wildman–Crippen MR) is 112 cm³/mol. The van der Waals surface area contributed by atoms with Gasteiger partial charge in [-0.25, -0.2) is 0 Å². The van der Waals surface area contributed by atoms with Crippen LogP contribution in [0, 0.1) is 0 Å². The van der Waals surface area contributed by atoms with Crippen LogP contribution in [0.5, 0.6) is 0 Å². The van der Waals surface area contributed by atoms with Crippen molar-refractivity contribution in [1.82, 2.24) is 0 Å². The summed E-state index contributed by atoms with van der Waals surface area (Å²) in [6.07, 6.45) is 1.89. The van der Waals surface area contributed by atoms with Gasteiger partial charge in [-0.15, -0.1) is 0 Å². The van der Waals surface area contributed by atoms with Gasteiger partial charge >= 0.3 is 0 Å². The summed E-state index contributed by atoms with van der Waals surface area (Å²) in [5.41, 5.74) is 3.67. The molecule has 0 spiro atoms. The van der Waals surface area contributed by atoms with Crippen LogP contribution in [0.3, 0.4) is 0 Å². The Bertz CT molecular complexity index is 1040. The second-order valence-electron chi connectivity index (χ2n) is 5.84. The highest BCUT2D eigenvalue weighted by atomic mass is 79.9. The Morgan fingerprint density at radius 2 is 1.58 bits per heavy atom. The number of hydrogen-bond acceptors (Lipinski definition) is 1. The van der Waals surface area contributed by atoms with Gasteiger partial charge < -0.3 is 0 Å². The van der Waals surface area contributed by atoms with Gasteiger partial charge in [-0.3, -0.25) is 9.69 Å². The monoisotopic (exact) mass is 443 g/mol. The molecule has 1 aliphatic rings. The molecule has 0 fully saturated rings. The fourth-order valence-corrected chi connectivity index (χ4v) is 4.05. The number of nitrogens with zero attached hydrogens (tertiary/aromatic N) is 1. The van der Waals surface area contributed by atoms with Gasteiger partial charge in [-0.2, -0.15) is 0 Å². The molecule has 3 aromatic carbocycles. The number of halogens is 3. The van der Waals surface area contributed by atoms with Gasteiger partial charge in [0, 0.05) is 10.0 Å². The van der Waals surface area contributed by atoms with Gasteiger partial charge in [0.25, 0.3) is 5.91 Å². The van der Waals surface area contributed by atoms with Gasteiger partial charge in [0.2, 0.25) is 0 Å². The number of para-hydroxylation sites is 2. The number of benzene rings is 3. The average Bonchev–Trinajstić information content (AvgIpc) is 2.88. The Labute approximate surface area is 169 Å². The third-order valence-corrected chi connectivity index (χ3v) is 5.29. The normalized spacial score (nSPS) is 14.8. The van der Waals surface area contributed by atoms with Crippen LogP contribution in [0.15, 0.2) is 71.2 Å². The van der Waals surface area contributed by atoms with Crippen LogP contribution < -0.4 is 4.90 Å². The van der Waals surface area contributed by atoms with Crippen LogP contribution in [0.2, 0.25) is 10.0 Å². The van der Waals surface area contributed by atoms with E-state index in [-0.39, 0.29) is 5.91 Å². The quantitative estimate of drug-likeness (QED) is 0.390. The number of anilines is 2. The molecular weight excluding hydrogens is 433 g/mol. The highest BCUT2D eigenvalue weighted by molar-refractivity contribution is 9.10. The molecule has 0 aromatic heterocycles. The molecule has 128 valence electrons. The lowest BCUT2D eigenvalue weighted by Gasteiger charge is -2.20. The van der Waals surface area contributed by atoms with E-state index in [0.29, 0.717) is 21.3 Å². The molecule has 0 aliphatic carbocycles. The Balaban J connectivity index is 1.91. The first-order valence-corrected chi connectivity index (χ1v) is 9.46. The molecule has 0 saturated heterocycles. The summed E-state index contributed by atoms with van der Waals surface area (Å²) in [4.78, 5) is 14.9. The van der Waals surface area contributed by atoms with E-state index < -0.39 is 0 Å². The number of amides is 1. The zero-order valence-corrected chi connectivity index (χ0v) is 16.5. The topological polar surface area (TPSA) is 20.3 Å². The van der Waals surface area contributed by atoms with Gasteiger partial charge in [0.05, 0.1) is 27.0 Å². The Kier molecular flexibility index (Phi) is 4.62. The minimum absolute atomic E-state index is 0.152. The van der Waals surface area contributed by atoms with E-state index in [1.165, 1.54) is 0 Å². The number of fused-ring (bicyclic) bond motifs is 1. The zero-order chi connectivity index (χ0) is 18.3. The molecule has 0 N–H and O–H groups in total. The maximum atomic E-state index is 13.3. The largest absolute Gasteiger partial charge is 0.273 e. The molecular formula is C21H12BrCl2NO. The predicted octanol–water partition coefficient (Wildman–Crippen LogP) is 6.97. The van der Waals surface area contributed by atoms with Crippen molar-refractivity contribution in [3.8, 4) is 0 Å². The molecule has 0 bridgehead atoms. The van der Waals surface area contributed by atoms with E-state index >= 15 is 0 Å². The first kappa shape index (κ1) is 17.3. The molecule has 0 atom stereocenters. The average molecular weight is 445 g/mol. The lowest BCUT2D eigenvalue weighted by Crippen LogP contribution is -2.21. The van der Waals surface area contributed by atoms with Crippen molar-refractivity contribution in [3.63, 3.8) is 0 Å². The van der Waals surface area contributed by atoms with E-state index in [4.69, 9.17) is 23.2 Å². The van der Waals surface area contributed by atoms with E-state index in [1.807, 2.05) is 54.6 Å². The minimum atomic E-state index is -0.152. The number of carbonyl (C=O) groups is 1. The lowest BCUT2D eigenvalue weighted by molar-refractivity contribution is -0.112. The van der Waals surface area contributed by atoms with Crippen molar-refractivity contribution in [2.75, 3.05) is 4.90 Å². The second kappa shape index (κ2) is 6.92. The summed E-state index contributed by atoms with van der Waals surface area (Å²) >= 11 is 16.2. The third kappa shape index (κ3) is 2.96. The summed E-state index contributed by atoms with van der Waals surface area (Å²) in [7, 11) is 0. The van der Waals surface area contributed by atoms with Crippen molar-refractivity contribution in [2.24, 2.45) is 0 Å². The molecule has 5 heteroatoms. The Morgan fingerprint density at radius 1 is 0.885 bits per heavy atom. The molecule has 2 nitrogen and oxygen atoms in total. The van der Waals surface area contributed by atoms with Gasteiger partial charge in [-0.05, 0) is 42.0 Å². The molecule has 4 rings (SSSR count). The van der Waals surface area contributed by atoms with E-state index in [1.54, 1.807) is 23.1 Å². The first-order valence-electron chi connectivity index (χ1n) is 7.91. The zero-order valence-electron chi connectivity index (χ0n) is 13.4. The van der Waals surface area contributed by atoms with Crippen LogP contribution in [-0.4, -0.2) is 5.91 Å². The Hall–Kier alpha value is -2.07. The fraction of sp³-hybridized carbons (Fsp3) is 0. The molecule has 0 radical (unpaired) electrons. The maximum absolute atomic E-state index is 13.3. The van der Waals surface area contributed by atoms with Crippen LogP contribution in [0.4, 0.5) is 11.4 Å². The molecule has 1 aliphatic heterocycles. The van der Waals surface area contributed by atoms with Crippen LogP contribution in [0.25, 0.3) is 11.6 Å². The van der Waals surface area contributed by atoms with E-state index in [9.17, 15) is 4.79 Å². The lowest BCUT2D eigenvalue weighted by atomic mass is 10.0. The highest BCUT2D eigenvalue weighted by Crippen LogP contribution is 2.46. The molecule has 3 aromatic rings. The molecule has 0 unspecified atom stereocenters. The maximum Gasteiger partial charge on any atom is 0.263 e. The summed E-state index contributed by atoms with van der Waals surface area (Å²) in [6, 6.07) is 20.7. The SMILES string of the molecule is O=C1/C(=C\c2cccc(Br)c2)c2ccccc2N1c1c(Cl)cccc1Cl. The van der Waals surface area contributed by atoms with Gasteiger partial charge in [0.15, 0.2) is 0 Å². The summed E-state index contributed by atoms with van der Waals surface area (Å²) < 4.78 is 0.955. The van der Waals surface area contributed by atoms with Gasteiger partial charge in [-0.1, -0.05) is 75.5 Å². The van der Waals surface area contributed by atoms with Crippen molar-refractivity contribution in [3.05, 3.63) is 92.4 Å². The summed E-state index contributed by atoms with van der Waals surface area (Å²) in [6.45, 7) is 0. The smallest absolute Gasteiger partial charge is 0.263 e. The summed E-state index contributed by atoms with van der Waals surface area (Å²) in [5, 5.41) is 0.869. The van der Waals surface area contributed by atoms with Crippen molar-refractivity contribution >= 4 is 68.1 Å². The number of rotatable bonds is 2. The summed E-state index contributed by atoms with van der Waals surface area (Å²) in [5.74, 6) is -0.152. The first-order chi connectivity index (χ1) is 12.6. The third-order valence-electron chi connectivity index (χ3n) is 4.19. The number of carbonyl (C=O) groups excluding carboxylic acids is 1. The van der Waals surface area contributed by atoms with Gasteiger partial charge in [0.1, 0.15) is 0 Å². The minimum Gasteiger partial charge on any atom is -0.273 e. The molecule has 1 heterocycles. The van der Waals surface area contributed by atoms with Crippen molar-refractivity contribution in [1.29, 1.82) is 0 Å². The second-order valence-corrected chi connectivity index (χ2v) is 7.57. The molecule has 0 saturated carbocycles. The standard InChI is InChI=1S/C21H12BrCl2NO/c22-14-6-3-5-13(11-14)12-16-15-7-1-2-10-19(15)25(21(16)26)20-17(23)8-4-9-18(20)24/h1-12H/b16-12-. The fourth-order valence-electron chi connectivity index (χ4n) is 3.07. The van der Waals surface area contributed by atoms with E-state index in [2.05, 4.69) is 15.9 Å². The molecule has 1 amide bonds. The van der Waals surface area contributed by atoms with Crippen molar-refractivity contribution in [2.45, 2.75) is 0 Å². The van der Waals surface area contributed by atoms with Crippen LogP contribution in [-0.2, 0) is 4.79 Å². The van der Waals surface area contributed by atoms with Crippen LogP contribution in [0.1, 0.15) is 11.1 Å². The highest BCUT2D eigenvalue weighted by Gasteiger charge is 2.35.